The highest BCUT2D eigenvalue weighted by Gasteiger charge is 2.15. The number of aromatic hydroxyl groups is 1. The number of hydrogen-bond donors (Lipinski definition) is 4. The number of aromatic nitrogens is 1. The van der Waals surface area contributed by atoms with Crippen LogP contribution in [0.5, 0.6) is 5.75 Å². The molecule has 4 rings (SSSR count). The third-order valence-electron chi connectivity index (χ3n) is 4.26. The van der Waals surface area contributed by atoms with E-state index >= 15 is 0 Å². The highest BCUT2D eigenvalue weighted by Crippen LogP contribution is 2.41. The van der Waals surface area contributed by atoms with Crippen LogP contribution in [0, 0.1) is 12.3 Å². The zero-order chi connectivity index (χ0) is 17.6. The van der Waals surface area contributed by atoms with E-state index in [1.807, 2.05) is 60.8 Å². The molecule has 0 atom stereocenters. The molecule has 124 valence electrons. The number of rotatable bonds is 3. The topological polar surface area (TPSA) is 85.9 Å². The molecule has 0 aliphatic rings. The summed E-state index contributed by atoms with van der Waals surface area (Å²) in [5.74, 6) is 0.314. The molecule has 0 radical (unpaired) electrons. The normalized spacial score (nSPS) is 11.1. The Kier molecular flexibility index (Phi) is 3.58. The molecular formula is C20H17N3OS. The van der Waals surface area contributed by atoms with Crippen molar-refractivity contribution in [2.24, 2.45) is 5.73 Å². The lowest BCUT2D eigenvalue weighted by molar-refractivity contribution is 0.479. The van der Waals surface area contributed by atoms with Crippen molar-refractivity contribution in [3.63, 3.8) is 0 Å². The smallest absolute Gasteiger partial charge is 0.133 e. The molecule has 0 saturated carbocycles. The van der Waals surface area contributed by atoms with Crippen LogP contribution >= 0.6 is 11.3 Å². The summed E-state index contributed by atoms with van der Waals surface area (Å²) < 4.78 is 0. The van der Waals surface area contributed by atoms with Gasteiger partial charge in [0.15, 0.2) is 0 Å². The Morgan fingerprint density at radius 3 is 2.64 bits per heavy atom. The SMILES string of the molecule is Cc1cc(-c2cc3cc(C(=N)N)ccc3[nH]2)c(O)c(-c2cccs2)c1. The minimum atomic E-state index is 0.0445. The van der Waals surface area contributed by atoms with Gasteiger partial charge < -0.3 is 15.8 Å². The fourth-order valence-electron chi connectivity index (χ4n) is 3.05. The third-order valence-corrected chi connectivity index (χ3v) is 5.17. The molecule has 5 heteroatoms. The Balaban J connectivity index is 1.90. The zero-order valence-corrected chi connectivity index (χ0v) is 14.4. The summed E-state index contributed by atoms with van der Waals surface area (Å²) in [5.41, 5.74) is 10.7. The van der Waals surface area contributed by atoms with Crippen molar-refractivity contribution in [1.82, 2.24) is 4.98 Å². The van der Waals surface area contributed by atoms with Gasteiger partial charge in [0.05, 0.1) is 5.69 Å². The van der Waals surface area contributed by atoms with E-state index in [4.69, 9.17) is 11.1 Å². The molecule has 25 heavy (non-hydrogen) atoms. The molecule has 0 bridgehead atoms. The Bertz CT molecular complexity index is 1090. The molecule has 0 unspecified atom stereocenters. The van der Waals surface area contributed by atoms with Crippen molar-refractivity contribution in [3.8, 4) is 27.4 Å². The van der Waals surface area contributed by atoms with Crippen molar-refractivity contribution in [2.75, 3.05) is 0 Å². The molecule has 2 heterocycles. The number of nitrogen functional groups attached to an aromatic ring is 1. The first-order valence-corrected chi connectivity index (χ1v) is 8.76. The van der Waals surface area contributed by atoms with Gasteiger partial charge in [0, 0.05) is 32.5 Å². The lowest BCUT2D eigenvalue weighted by Gasteiger charge is -2.09. The quantitative estimate of drug-likeness (QED) is 0.315. The first-order valence-electron chi connectivity index (χ1n) is 7.88. The lowest BCUT2D eigenvalue weighted by Crippen LogP contribution is -2.10. The van der Waals surface area contributed by atoms with Crippen LogP contribution in [-0.4, -0.2) is 15.9 Å². The summed E-state index contributed by atoms with van der Waals surface area (Å²) in [7, 11) is 0. The number of aryl methyl sites for hydroxylation is 1. The van der Waals surface area contributed by atoms with Gasteiger partial charge in [0.2, 0.25) is 0 Å². The van der Waals surface area contributed by atoms with Crippen LogP contribution in [0.1, 0.15) is 11.1 Å². The van der Waals surface area contributed by atoms with Crippen LogP contribution in [-0.2, 0) is 0 Å². The number of amidine groups is 1. The van der Waals surface area contributed by atoms with E-state index in [0.717, 1.165) is 38.2 Å². The van der Waals surface area contributed by atoms with Gasteiger partial charge in [-0.3, -0.25) is 5.41 Å². The summed E-state index contributed by atoms with van der Waals surface area (Å²) >= 11 is 1.61. The Morgan fingerprint density at radius 1 is 1.12 bits per heavy atom. The molecule has 0 spiro atoms. The molecule has 4 nitrogen and oxygen atoms in total. The van der Waals surface area contributed by atoms with Gasteiger partial charge in [0.1, 0.15) is 11.6 Å². The fourth-order valence-corrected chi connectivity index (χ4v) is 3.79. The summed E-state index contributed by atoms with van der Waals surface area (Å²) in [6, 6.07) is 15.5. The summed E-state index contributed by atoms with van der Waals surface area (Å²) in [6.45, 7) is 2.02. The number of thiophene rings is 1. The summed E-state index contributed by atoms with van der Waals surface area (Å²) in [5, 5.41) is 21.4. The van der Waals surface area contributed by atoms with Gasteiger partial charge >= 0.3 is 0 Å². The predicted molar refractivity (Wildman–Crippen MR) is 104 cm³/mol. The maximum absolute atomic E-state index is 10.8. The van der Waals surface area contributed by atoms with Crippen molar-refractivity contribution in [1.29, 1.82) is 5.41 Å². The van der Waals surface area contributed by atoms with Gasteiger partial charge in [-0.05, 0) is 60.3 Å². The lowest BCUT2D eigenvalue weighted by atomic mass is 10.0. The van der Waals surface area contributed by atoms with Crippen LogP contribution in [0.4, 0.5) is 0 Å². The molecule has 0 aliphatic heterocycles. The molecule has 0 amide bonds. The maximum atomic E-state index is 10.8. The van der Waals surface area contributed by atoms with Crippen LogP contribution in [0.3, 0.4) is 0 Å². The Labute approximate surface area is 149 Å². The number of benzene rings is 2. The number of hydrogen-bond acceptors (Lipinski definition) is 3. The molecule has 0 fully saturated rings. The van der Waals surface area contributed by atoms with E-state index in [-0.39, 0.29) is 11.6 Å². The largest absolute Gasteiger partial charge is 0.507 e. The standard InChI is InChI=1S/C20H17N3OS/c1-11-7-14(19(24)15(8-11)18-3-2-6-25-18)17-10-13-9-12(20(21)22)4-5-16(13)23-17/h2-10,23-24H,1H3,(H3,21,22). The summed E-state index contributed by atoms with van der Waals surface area (Å²) in [6.07, 6.45) is 0. The maximum Gasteiger partial charge on any atom is 0.133 e. The second-order valence-electron chi connectivity index (χ2n) is 6.08. The fraction of sp³-hybridized carbons (Fsp3) is 0.0500. The number of phenols is 1. The average Bonchev–Trinajstić information content (AvgIpc) is 3.24. The van der Waals surface area contributed by atoms with Crippen LogP contribution in [0.15, 0.2) is 53.9 Å². The zero-order valence-electron chi connectivity index (χ0n) is 13.6. The van der Waals surface area contributed by atoms with E-state index in [2.05, 4.69) is 4.98 Å². The van der Waals surface area contributed by atoms with E-state index in [0.29, 0.717) is 5.56 Å². The van der Waals surface area contributed by atoms with Crippen molar-refractivity contribution in [3.05, 3.63) is 65.0 Å². The third kappa shape index (κ3) is 2.68. The van der Waals surface area contributed by atoms with Crippen molar-refractivity contribution < 1.29 is 5.11 Å². The number of nitrogens with two attached hydrogens (primary N) is 1. The van der Waals surface area contributed by atoms with Gasteiger partial charge in [-0.25, -0.2) is 0 Å². The van der Waals surface area contributed by atoms with Crippen LogP contribution < -0.4 is 5.73 Å². The second kappa shape index (κ2) is 5.79. The van der Waals surface area contributed by atoms with Gasteiger partial charge in [-0.1, -0.05) is 6.07 Å². The Morgan fingerprint density at radius 2 is 1.92 bits per heavy atom. The first-order chi connectivity index (χ1) is 12.0. The monoisotopic (exact) mass is 347 g/mol. The molecule has 0 aliphatic carbocycles. The predicted octanol–water partition coefficient (Wildman–Crippen LogP) is 4.86. The molecular weight excluding hydrogens is 330 g/mol. The first kappa shape index (κ1) is 15.5. The van der Waals surface area contributed by atoms with E-state index < -0.39 is 0 Å². The van der Waals surface area contributed by atoms with Gasteiger partial charge in [-0.15, -0.1) is 11.3 Å². The molecule has 4 aromatic rings. The van der Waals surface area contributed by atoms with Crippen molar-refractivity contribution in [2.45, 2.75) is 6.92 Å². The summed E-state index contributed by atoms with van der Waals surface area (Å²) in [4.78, 5) is 4.39. The highest BCUT2D eigenvalue weighted by molar-refractivity contribution is 7.13. The van der Waals surface area contributed by atoms with E-state index in [9.17, 15) is 5.11 Å². The van der Waals surface area contributed by atoms with E-state index in [1.54, 1.807) is 11.3 Å². The van der Waals surface area contributed by atoms with E-state index in [1.165, 1.54) is 0 Å². The number of fused-ring (bicyclic) bond motifs is 1. The van der Waals surface area contributed by atoms with Crippen LogP contribution in [0.25, 0.3) is 32.6 Å². The second-order valence-corrected chi connectivity index (χ2v) is 7.03. The molecule has 2 aromatic carbocycles. The molecule has 5 N–H and O–H groups in total. The Hall–Kier alpha value is -3.05. The highest BCUT2D eigenvalue weighted by atomic mass is 32.1. The number of H-pyrrole nitrogens is 1. The van der Waals surface area contributed by atoms with Gasteiger partial charge in [0.25, 0.3) is 0 Å². The minimum absolute atomic E-state index is 0.0445. The average molecular weight is 347 g/mol. The van der Waals surface area contributed by atoms with Crippen molar-refractivity contribution >= 4 is 28.1 Å². The number of phenolic OH excluding ortho intramolecular Hbond substituents is 1. The minimum Gasteiger partial charge on any atom is -0.507 e. The molecule has 2 aromatic heterocycles. The number of nitrogens with one attached hydrogen (secondary N) is 2. The van der Waals surface area contributed by atoms with Crippen LogP contribution in [0.2, 0.25) is 0 Å². The molecule has 0 saturated heterocycles. The number of aromatic amines is 1. The van der Waals surface area contributed by atoms with Gasteiger partial charge in [-0.2, -0.15) is 0 Å².